The van der Waals surface area contributed by atoms with Crippen molar-refractivity contribution in [1.82, 2.24) is 14.8 Å². The molecule has 1 heterocycles. The van der Waals surface area contributed by atoms with E-state index in [0.717, 1.165) is 11.6 Å². The molecule has 0 aliphatic carbocycles. The highest BCUT2D eigenvalue weighted by molar-refractivity contribution is 5.42. The molecule has 0 saturated carbocycles. The predicted octanol–water partition coefficient (Wildman–Crippen LogP) is 2.75. The van der Waals surface area contributed by atoms with Gasteiger partial charge in [-0.15, -0.1) is 0 Å². The van der Waals surface area contributed by atoms with E-state index in [0.29, 0.717) is 0 Å². The number of aromatic nitrogens is 3. The molecule has 0 spiro atoms. The molecule has 0 N–H and O–H groups in total. The average Bonchev–Trinajstić information content (AvgIpc) is 2.50. The van der Waals surface area contributed by atoms with Gasteiger partial charge in [0.15, 0.2) is 5.82 Å². The summed E-state index contributed by atoms with van der Waals surface area (Å²) in [6, 6.07) is 0. The van der Waals surface area contributed by atoms with Crippen molar-refractivity contribution in [2.45, 2.75) is 27.7 Å². The lowest BCUT2D eigenvalue weighted by atomic mass is 10.5. The number of aryl methyl sites for hydroxylation is 1. The summed E-state index contributed by atoms with van der Waals surface area (Å²) in [7, 11) is 0. The second-order valence-electron chi connectivity index (χ2n) is 2.14. The number of hydrogen-bond donors (Lipinski definition) is 0. The van der Waals surface area contributed by atoms with E-state index < -0.39 is 0 Å². The van der Waals surface area contributed by atoms with Gasteiger partial charge in [0, 0.05) is 6.20 Å². The van der Waals surface area contributed by atoms with E-state index >= 15 is 0 Å². The molecule has 0 radical (unpaired) electrons. The Kier molecular flexibility index (Phi) is 5.52. The van der Waals surface area contributed by atoms with Crippen LogP contribution in [0.15, 0.2) is 12.7 Å². The molecule has 0 atom stereocenters. The van der Waals surface area contributed by atoms with Crippen molar-refractivity contribution >= 4 is 12.3 Å². The zero-order valence-electron chi connectivity index (χ0n) is 8.78. The summed E-state index contributed by atoms with van der Waals surface area (Å²) >= 11 is 0. The van der Waals surface area contributed by atoms with E-state index in [9.17, 15) is 0 Å². The lowest BCUT2D eigenvalue weighted by Crippen LogP contribution is -1.90. The van der Waals surface area contributed by atoms with Crippen LogP contribution in [0.3, 0.4) is 0 Å². The minimum absolute atomic E-state index is 0.762. The fourth-order valence-electron chi connectivity index (χ4n) is 0.844. The maximum absolute atomic E-state index is 4.16. The molecule has 1 aromatic rings. The molecule has 1 rings (SSSR count). The molecule has 3 nitrogen and oxygen atoms in total. The van der Waals surface area contributed by atoms with Gasteiger partial charge < -0.3 is 0 Å². The van der Waals surface area contributed by atoms with Crippen molar-refractivity contribution in [3.8, 4) is 0 Å². The second kappa shape index (κ2) is 6.17. The lowest BCUT2D eigenvalue weighted by Gasteiger charge is -1.90. The molecule has 13 heavy (non-hydrogen) atoms. The second-order valence-corrected chi connectivity index (χ2v) is 2.14. The third kappa shape index (κ3) is 3.23. The Labute approximate surface area is 79.8 Å². The van der Waals surface area contributed by atoms with Crippen molar-refractivity contribution in [1.29, 1.82) is 0 Å². The predicted molar refractivity (Wildman–Crippen MR) is 57.2 cm³/mol. The molecule has 3 heteroatoms. The first-order chi connectivity index (χ1) is 6.27. The highest BCUT2D eigenvalue weighted by Gasteiger charge is 1.98. The van der Waals surface area contributed by atoms with Gasteiger partial charge in [-0.1, -0.05) is 26.5 Å². The van der Waals surface area contributed by atoms with Gasteiger partial charge in [-0.05, 0) is 19.9 Å². The summed E-state index contributed by atoms with van der Waals surface area (Å²) in [5, 5.41) is 4.08. The topological polar surface area (TPSA) is 30.7 Å². The zero-order chi connectivity index (χ0) is 10.3. The summed E-state index contributed by atoms with van der Waals surface area (Å²) in [4.78, 5) is 4.16. The Bertz CT molecular complexity index is 284. The minimum Gasteiger partial charge on any atom is -0.222 e. The molecule has 0 aliphatic heterocycles. The van der Waals surface area contributed by atoms with E-state index in [-0.39, 0.29) is 0 Å². The molecule has 0 unspecified atom stereocenters. The smallest absolute Gasteiger partial charge is 0.155 e. The monoisotopic (exact) mass is 179 g/mol. The number of hydrogen-bond acceptors (Lipinski definition) is 2. The molecule has 0 fully saturated rings. The molecular weight excluding hydrogens is 162 g/mol. The van der Waals surface area contributed by atoms with Gasteiger partial charge in [0.05, 0.1) is 0 Å². The van der Waals surface area contributed by atoms with Gasteiger partial charge in [0.1, 0.15) is 5.82 Å². The van der Waals surface area contributed by atoms with E-state index in [1.165, 1.54) is 0 Å². The highest BCUT2D eigenvalue weighted by atomic mass is 15.3. The third-order valence-corrected chi connectivity index (χ3v) is 1.25. The van der Waals surface area contributed by atoms with Crippen molar-refractivity contribution in [3.63, 3.8) is 0 Å². The van der Waals surface area contributed by atoms with Crippen molar-refractivity contribution in [3.05, 3.63) is 24.3 Å². The van der Waals surface area contributed by atoms with Crippen LogP contribution in [-0.2, 0) is 0 Å². The number of nitrogens with zero attached hydrogens (tertiary/aromatic N) is 3. The highest BCUT2D eigenvalue weighted by Crippen LogP contribution is 1.99. The number of rotatable bonds is 2. The van der Waals surface area contributed by atoms with Crippen LogP contribution in [0.1, 0.15) is 32.4 Å². The minimum atomic E-state index is 0.762. The Hall–Kier alpha value is -1.38. The first-order valence-corrected chi connectivity index (χ1v) is 4.46. The summed E-state index contributed by atoms with van der Waals surface area (Å²) in [5.41, 5.74) is 0. The summed E-state index contributed by atoms with van der Waals surface area (Å²) in [6.45, 7) is 11.4. The van der Waals surface area contributed by atoms with E-state index in [4.69, 9.17) is 0 Å². The Morgan fingerprint density at radius 2 is 2.00 bits per heavy atom. The summed E-state index contributed by atoms with van der Waals surface area (Å²) in [5.74, 6) is 1.58. The van der Waals surface area contributed by atoms with Crippen LogP contribution >= 0.6 is 0 Å². The summed E-state index contributed by atoms with van der Waals surface area (Å²) < 4.78 is 1.65. The maximum atomic E-state index is 4.16. The van der Waals surface area contributed by atoms with Crippen LogP contribution in [-0.4, -0.2) is 14.8 Å². The summed E-state index contributed by atoms with van der Waals surface area (Å²) in [6.07, 6.45) is 5.44. The maximum Gasteiger partial charge on any atom is 0.155 e. The normalized spacial score (nSPS) is 9.54. The quantitative estimate of drug-likeness (QED) is 0.699. The molecule has 1 aromatic heterocycles. The molecule has 0 amide bonds. The zero-order valence-corrected chi connectivity index (χ0v) is 8.78. The van der Waals surface area contributed by atoms with Crippen LogP contribution in [0, 0.1) is 6.92 Å². The van der Waals surface area contributed by atoms with Gasteiger partial charge in [0.2, 0.25) is 0 Å². The third-order valence-electron chi connectivity index (χ3n) is 1.25. The Morgan fingerprint density at radius 3 is 2.46 bits per heavy atom. The molecule has 0 saturated heterocycles. The lowest BCUT2D eigenvalue weighted by molar-refractivity contribution is 0.905. The van der Waals surface area contributed by atoms with Crippen molar-refractivity contribution < 1.29 is 0 Å². The molecule has 0 bridgehead atoms. The number of allylic oxidation sites excluding steroid dienone is 1. The van der Waals surface area contributed by atoms with Crippen molar-refractivity contribution in [2.24, 2.45) is 0 Å². The average molecular weight is 179 g/mol. The van der Waals surface area contributed by atoms with Crippen LogP contribution in [0.4, 0.5) is 0 Å². The van der Waals surface area contributed by atoms with Crippen LogP contribution in [0.5, 0.6) is 0 Å². The van der Waals surface area contributed by atoms with Gasteiger partial charge in [0.25, 0.3) is 0 Å². The van der Waals surface area contributed by atoms with Gasteiger partial charge in [-0.3, -0.25) is 0 Å². The van der Waals surface area contributed by atoms with E-state index in [1.807, 2.05) is 39.8 Å². The molecule has 0 aliphatic rings. The largest absolute Gasteiger partial charge is 0.222 e. The fraction of sp³-hybridized carbons (Fsp3) is 0.400. The van der Waals surface area contributed by atoms with Crippen LogP contribution in [0.2, 0.25) is 0 Å². The van der Waals surface area contributed by atoms with E-state index in [2.05, 4.69) is 16.7 Å². The SMILES string of the molecule is C=Cn1nc(C)nc1/C=C\C.CC. The van der Waals surface area contributed by atoms with Crippen molar-refractivity contribution in [2.75, 3.05) is 0 Å². The van der Waals surface area contributed by atoms with Gasteiger partial charge in [-0.25, -0.2) is 9.67 Å². The van der Waals surface area contributed by atoms with Crippen LogP contribution in [0.25, 0.3) is 12.3 Å². The standard InChI is InChI=1S/C8H11N3.C2H6/c1-4-6-8-9-7(3)10-11(8)5-2;1-2/h4-6H,2H2,1,3H3;1-2H3/b6-4-;. The fourth-order valence-corrected chi connectivity index (χ4v) is 0.844. The van der Waals surface area contributed by atoms with Crippen LogP contribution < -0.4 is 0 Å². The molecule has 72 valence electrons. The first kappa shape index (κ1) is 11.6. The molecular formula is C10H17N3. The molecule has 0 aromatic carbocycles. The first-order valence-electron chi connectivity index (χ1n) is 4.46. The van der Waals surface area contributed by atoms with E-state index in [1.54, 1.807) is 10.9 Å². The van der Waals surface area contributed by atoms with Gasteiger partial charge >= 0.3 is 0 Å². The Balaban J connectivity index is 0.000000671. The Morgan fingerprint density at radius 1 is 1.38 bits per heavy atom. The van der Waals surface area contributed by atoms with Gasteiger partial charge in [-0.2, -0.15) is 5.10 Å².